The van der Waals surface area contributed by atoms with E-state index in [4.69, 9.17) is 4.74 Å². The third-order valence-corrected chi connectivity index (χ3v) is 5.64. The molecule has 0 saturated heterocycles. The molecule has 160 valence electrons. The Morgan fingerprint density at radius 3 is 2.37 bits per heavy atom. The molecule has 2 amide bonds. The average molecular weight is 409 g/mol. The number of hydrogen-bond acceptors (Lipinski definition) is 3. The lowest BCUT2D eigenvalue weighted by molar-refractivity contribution is -0.122. The second kappa shape index (κ2) is 10.8. The van der Waals surface area contributed by atoms with Crippen molar-refractivity contribution in [3.05, 3.63) is 59.7 Å². The summed E-state index contributed by atoms with van der Waals surface area (Å²) in [4.78, 5) is 25.7. The van der Waals surface area contributed by atoms with Crippen LogP contribution >= 0.6 is 0 Å². The van der Waals surface area contributed by atoms with Crippen LogP contribution in [0.2, 0.25) is 0 Å². The molecule has 2 aromatic carbocycles. The van der Waals surface area contributed by atoms with Gasteiger partial charge in [-0.3, -0.25) is 9.59 Å². The number of benzene rings is 2. The topological polar surface area (TPSA) is 67.4 Å². The Bertz CT molecular complexity index is 842. The van der Waals surface area contributed by atoms with Crippen molar-refractivity contribution in [2.75, 3.05) is 5.32 Å². The van der Waals surface area contributed by atoms with Crippen LogP contribution in [0.5, 0.6) is 5.75 Å². The van der Waals surface area contributed by atoms with E-state index < -0.39 is 6.10 Å². The number of amides is 2. The van der Waals surface area contributed by atoms with Gasteiger partial charge in [0.25, 0.3) is 11.8 Å². The lowest BCUT2D eigenvalue weighted by Gasteiger charge is -2.23. The molecular formula is C25H32N2O3. The highest BCUT2D eigenvalue weighted by Crippen LogP contribution is 2.21. The Kier molecular flexibility index (Phi) is 7.89. The van der Waals surface area contributed by atoms with Crippen LogP contribution in [0.3, 0.4) is 0 Å². The van der Waals surface area contributed by atoms with Gasteiger partial charge in [-0.15, -0.1) is 0 Å². The molecule has 0 heterocycles. The number of carbonyl (C=O) groups excluding carboxylic acids is 2. The van der Waals surface area contributed by atoms with Gasteiger partial charge in [0.1, 0.15) is 5.75 Å². The maximum Gasteiger partial charge on any atom is 0.265 e. The van der Waals surface area contributed by atoms with Crippen molar-refractivity contribution in [2.45, 2.75) is 70.9 Å². The van der Waals surface area contributed by atoms with Gasteiger partial charge in [0.15, 0.2) is 6.10 Å². The van der Waals surface area contributed by atoms with Crippen LogP contribution in [0.25, 0.3) is 0 Å². The van der Waals surface area contributed by atoms with Gasteiger partial charge in [-0.2, -0.15) is 0 Å². The molecule has 1 fully saturated rings. The van der Waals surface area contributed by atoms with Crippen LogP contribution < -0.4 is 15.4 Å². The fourth-order valence-electron chi connectivity index (χ4n) is 3.80. The zero-order chi connectivity index (χ0) is 21.3. The molecule has 3 rings (SSSR count). The van der Waals surface area contributed by atoms with Gasteiger partial charge in [0.2, 0.25) is 0 Å². The first kappa shape index (κ1) is 21.9. The largest absolute Gasteiger partial charge is 0.481 e. The van der Waals surface area contributed by atoms with E-state index in [-0.39, 0.29) is 17.9 Å². The van der Waals surface area contributed by atoms with E-state index in [9.17, 15) is 9.59 Å². The highest BCUT2D eigenvalue weighted by atomic mass is 16.5. The molecule has 1 unspecified atom stereocenters. The monoisotopic (exact) mass is 408 g/mol. The molecule has 0 aliphatic heterocycles. The molecule has 5 heteroatoms. The summed E-state index contributed by atoms with van der Waals surface area (Å²) in [7, 11) is 0. The van der Waals surface area contributed by atoms with Crippen molar-refractivity contribution in [1.29, 1.82) is 0 Å². The van der Waals surface area contributed by atoms with Crippen molar-refractivity contribution in [3.8, 4) is 5.75 Å². The van der Waals surface area contributed by atoms with Crippen molar-refractivity contribution < 1.29 is 14.3 Å². The summed E-state index contributed by atoms with van der Waals surface area (Å²) < 4.78 is 5.91. The van der Waals surface area contributed by atoms with E-state index in [1.54, 1.807) is 12.1 Å². The van der Waals surface area contributed by atoms with Crippen LogP contribution in [0, 0.1) is 0 Å². The third kappa shape index (κ3) is 5.85. The summed E-state index contributed by atoms with van der Waals surface area (Å²) >= 11 is 0. The smallest absolute Gasteiger partial charge is 0.265 e. The molecule has 0 spiro atoms. The highest BCUT2D eigenvalue weighted by Gasteiger charge is 2.22. The summed E-state index contributed by atoms with van der Waals surface area (Å²) in [6, 6.07) is 15.1. The maximum atomic E-state index is 12.9. The van der Waals surface area contributed by atoms with Crippen molar-refractivity contribution in [1.82, 2.24) is 5.32 Å². The van der Waals surface area contributed by atoms with Gasteiger partial charge in [0, 0.05) is 6.04 Å². The van der Waals surface area contributed by atoms with Crippen LogP contribution in [-0.4, -0.2) is 24.0 Å². The lowest BCUT2D eigenvalue weighted by Crippen LogP contribution is -2.37. The predicted octanol–water partition coefficient (Wildman–Crippen LogP) is 5.11. The highest BCUT2D eigenvalue weighted by molar-refractivity contribution is 6.04. The fourth-order valence-corrected chi connectivity index (χ4v) is 3.80. The molecule has 1 aliphatic rings. The molecule has 2 aromatic rings. The summed E-state index contributed by atoms with van der Waals surface area (Å²) in [6.07, 6.45) is 6.42. The quantitative estimate of drug-likeness (QED) is 0.638. The number of hydrogen-bond donors (Lipinski definition) is 2. The Hall–Kier alpha value is -2.82. The second-order valence-electron chi connectivity index (χ2n) is 7.86. The summed E-state index contributed by atoms with van der Waals surface area (Å²) in [6.45, 7) is 4.01. The van der Waals surface area contributed by atoms with Crippen LogP contribution in [0.4, 0.5) is 5.69 Å². The number of aryl methyl sites for hydroxylation is 1. The minimum atomic E-state index is -0.632. The molecule has 1 aliphatic carbocycles. The van der Waals surface area contributed by atoms with E-state index >= 15 is 0 Å². The standard InChI is InChI=1S/C25H32N2O3/c1-3-18-14-16-20(17-15-18)30-23(4-2)25(29)27-22-13-9-8-12-21(22)24(28)26-19-10-6-5-7-11-19/h8-9,12-17,19,23H,3-7,10-11H2,1-2H3,(H,26,28)(H,27,29). The van der Waals surface area contributed by atoms with E-state index in [0.717, 1.165) is 32.1 Å². The van der Waals surface area contributed by atoms with Gasteiger partial charge in [-0.1, -0.05) is 57.4 Å². The summed E-state index contributed by atoms with van der Waals surface area (Å²) in [5.74, 6) is 0.273. The van der Waals surface area contributed by atoms with Gasteiger partial charge < -0.3 is 15.4 Å². The van der Waals surface area contributed by atoms with Gasteiger partial charge in [-0.05, 0) is 55.5 Å². The van der Waals surface area contributed by atoms with Crippen LogP contribution in [0.1, 0.15) is 68.3 Å². The number of anilines is 1. The van der Waals surface area contributed by atoms with E-state index in [2.05, 4.69) is 17.6 Å². The first-order valence-corrected chi connectivity index (χ1v) is 11.1. The van der Waals surface area contributed by atoms with E-state index in [1.807, 2.05) is 43.3 Å². The van der Waals surface area contributed by atoms with Crippen molar-refractivity contribution in [2.24, 2.45) is 0 Å². The molecule has 30 heavy (non-hydrogen) atoms. The predicted molar refractivity (Wildman–Crippen MR) is 120 cm³/mol. The van der Waals surface area contributed by atoms with Gasteiger partial charge in [-0.25, -0.2) is 0 Å². The Morgan fingerprint density at radius 2 is 1.70 bits per heavy atom. The zero-order valence-electron chi connectivity index (χ0n) is 17.9. The molecule has 2 N–H and O–H groups in total. The van der Waals surface area contributed by atoms with Crippen LogP contribution in [0.15, 0.2) is 48.5 Å². The molecular weight excluding hydrogens is 376 g/mol. The number of carbonyl (C=O) groups is 2. The maximum absolute atomic E-state index is 12.9. The molecule has 1 saturated carbocycles. The zero-order valence-corrected chi connectivity index (χ0v) is 17.9. The first-order valence-electron chi connectivity index (χ1n) is 11.1. The second-order valence-corrected chi connectivity index (χ2v) is 7.86. The van der Waals surface area contributed by atoms with Gasteiger partial charge >= 0.3 is 0 Å². The van der Waals surface area contributed by atoms with Crippen molar-refractivity contribution in [3.63, 3.8) is 0 Å². The molecule has 5 nitrogen and oxygen atoms in total. The Balaban J connectivity index is 1.66. The van der Waals surface area contributed by atoms with E-state index in [0.29, 0.717) is 23.4 Å². The minimum absolute atomic E-state index is 0.137. The minimum Gasteiger partial charge on any atom is -0.481 e. The summed E-state index contributed by atoms with van der Waals surface area (Å²) in [5.41, 5.74) is 2.22. The number of para-hydroxylation sites is 1. The molecule has 0 aromatic heterocycles. The Morgan fingerprint density at radius 1 is 1.00 bits per heavy atom. The normalized spacial score (nSPS) is 15.3. The van der Waals surface area contributed by atoms with Crippen LogP contribution in [-0.2, 0) is 11.2 Å². The molecule has 0 bridgehead atoms. The Labute approximate surface area is 179 Å². The molecule has 0 radical (unpaired) electrons. The lowest BCUT2D eigenvalue weighted by atomic mass is 9.95. The molecule has 1 atom stereocenters. The summed E-state index contributed by atoms with van der Waals surface area (Å²) in [5, 5.41) is 6.02. The fraction of sp³-hybridized carbons (Fsp3) is 0.440. The van der Waals surface area contributed by atoms with E-state index in [1.165, 1.54) is 12.0 Å². The third-order valence-electron chi connectivity index (χ3n) is 5.64. The number of ether oxygens (including phenoxy) is 1. The number of rotatable bonds is 8. The number of nitrogens with one attached hydrogen (secondary N) is 2. The average Bonchev–Trinajstić information content (AvgIpc) is 2.78. The first-order chi connectivity index (χ1) is 14.6. The SMILES string of the molecule is CCc1ccc(OC(CC)C(=O)Nc2ccccc2C(=O)NC2CCCCC2)cc1. The van der Waals surface area contributed by atoms with Gasteiger partial charge in [0.05, 0.1) is 11.3 Å². The van der Waals surface area contributed by atoms with Crippen molar-refractivity contribution >= 4 is 17.5 Å².